The zero-order chi connectivity index (χ0) is 16.1. The maximum Gasteiger partial charge on any atom is 0.131 e. The third-order valence-corrected chi connectivity index (χ3v) is 5.72. The van der Waals surface area contributed by atoms with Gasteiger partial charge in [0.1, 0.15) is 44.2 Å². The van der Waals surface area contributed by atoms with Gasteiger partial charge in [-0.05, 0) is 37.8 Å². The topological polar surface area (TPSA) is 27.3 Å². The molecule has 1 aliphatic heterocycles. The van der Waals surface area contributed by atoms with E-state index in [1.54, 1.807) is 19.1 Å². The summed E-state index contributed by atoms with van der Waals surface area (Å²) in [6, 6.07) is 7.14. The standard InChI is InChI=1S/C19H30N2O2/c1-22-18-9-8-16(19(14-18)23-2)15-20-10-12-21(13-11-20)17-6-4-3-5-7-17/h8-9,14,17H,3-7,10-13,15H2,1-2H3/p+2. The van der Waals surface area contributed by atoms with Crippen molar-refractivity contribution in [2.75, 3.05) is 40.4 Å². The summed E-state index contributed by atoms with van der Waals surface area (Å²) in [5.41, 5.74) is 1.30. The molecule has 2 fully saturated rings. The molecular formula is C19H32N2O2+2. The van der Waals surface area contributed by atoms with E-state index < -0.39 is 0 Å². The first kappa shape index (κ1) is 16.6. The number of methoxy groups -OCH3 is 2. The zero-order valence-corrected chi connectivity index (χ0v) is 14.7. The number of benzene rings is 1. The molecular weight excluding hydrogens is 288 g/mol. The number of piperazine rings is 1. The summed E-state index contributed by atoms with van der Waals surface area (Å²) in [5.74, 6) is 1.83. The lowest BCUT2D eigenvalue weighted by Gasteiger charge is -2.36. The Morgan fingerprint density at radius 2 is 1.70 bits per heavy atom. The molecule has 1 saturated heterocycles. The molecule has 1 aromatic rings. The Balaban J connectivity index is 1.54. The van der Waals surface area contributed by atoms with Gasteiger partial charge in [0.05, 0.1) is 20.3 Å². The fraction of sp³-hybridized carbons (Fsp3) is 0.684. The van der Waals surface area contributed by atoms with Gasteiger partial charge in [-0.25, -0.2) is 0 Å². The van der Waals surface area contributed by atoms with Gasteiger partial charge in [-0.3, -0.25) is 0 Å². The van der Waals surface area contributed by atoms with Crippen molar-refractivity contribution in [2.45, 2.75) is 44.7 Å². The second kappa shape index (κ2) is 8.02. The molecule has 0 bridgehead atoms. The van der Waals surface area contributed by atoms with Crippen LogP contribution in [0.3, 0.4) is 0 Å². The lowest BCUT2D eigenvalue weighted by atomic mass is 9.94. The highest BCUT2D eigenvalue weighted by Gasteiger charge is 2.30. The van der Waals surface area contributed by atoms with E-state index in [4.69, 9.17) is 9.47 Å². The van der Waals surface area contributed by atoms with Crippen molar-refractivity contribution < 1.29 is 19.3 Å². The predicted octanol–water partition coefficient (Wildman–Crippen LogP) is 0.320. The summed E-state index contributed by atoms with van der Waals surface area (Å²) < 4.78 is 10.8. The lowest BCUT2D eigenvalue weighted by Crippen LogP contribution is -3.29. The molecule has 2 N–H and O–H groups in total. The molecule has 4 nitrogen and oxygen atoms in total. The minimum Gasteiger partial charge on any atom is -0.497 e. The molecule has 0 spiro atoms. The Labute approximate surface area is 140 Å². The SMILES string of the molecule is COc1ccc(C[NH+]2CC[NH+](C3CCCCC3)CC2)c(OC)c1. The molecule has 1 aromatic carbocycles. The van der Waals surface area contributed by atoms with Crippen molar-refractivity contribution in [3.63, 3.8) is 0 Å². The summed E-state index contributed by atoms with van der Waals surface area (Å²) >= 11 is 0. The fourth-order valence-electron chi connectivity index (χ4n) is 4.29. The predicted molar refractivity (Wildman–Crippen MR) is 91.5 cm³/mol. The van der Waals surface area contributed by atoms with Gasteiger partial charge in [0.15, 0.2) is 0 Å². The summed E-state index contributed by atoms with van der Waals surface area (Å²) in [5, 5.41) is 0. The normalized spacial score (nSPS) is 26.0. The summed E-state index contributed by atoms with van der Waals surface area (Å²) in [6.07, 6.45) is 7.27. The van der Waals surface area contributed by atoms with Crippen molar-refractivity contribution in [1.29, 1.82) is 0 Å². The smallest absolute Gasteiger partial charge is 0.131 e. The fourth-order valence-corrected chi connectivity index (χ4v) is 4.29. The van der Waals surface area contributed by atoms with E-state index in [1.807, 2.05) is 17.0 Å². The third kappa shape index (κ3) is 4.18. The van der Waals surface area contributed by atoms with E-state index in [9.17, 15) is 0 Å². The molecule has 1 saturated carbocycles. The third-order valence-electron chi connectivity index (χ3n) is 5.72. The van der Waals surface area contributed by atoms with Gasteiger partial charge in [-0.2, -0.15) is 0 Å². The van der Waals surface area contributed by atoms with Crippen molar-refractivity contribution in [1.82, 2.24) is 0 Å². The molecule has 0 aromatic heterocycles. The van der Waals surface area contributed by atoms with E-state index in [2.05, 4.69) is 6.07 Å². The van der Waals surface area contributed by atoms with E-state index >= 15 is 0 Å². The van der Waals surface area contributed by atoms with Gasteiger partial charge >= 0.3 is 0 Å². The van der Waals surface area contributed by atoms with Crippen LogP contribution in [0.1, 0.15) is 37.7 Å². The molecule has 2 aliphatic rings. The summed E-state index contributed by atoms with van der Waals surface area (Å²) in [7, 11) is 3.45. The first-order valence-corrected chi connectivity index (χ1v) is 9.19. The summed E-state index contributed by atoms with van der Waals surface area (Å²) in [6.45, 7) is 6.28. The van der Waals surface area contributed by atoms with Crippen molar-refractivity contribution in [2.24, 2.45) is 0 Å². The molecule has 23 heavy (non-hydrogen) atoms. The van der Waals surface area contributed by atoms with Crippen LogP contribution in [0.5, 0.6) is 11.5 Å². The number of quaternary nitrogens is 2. The molecule has 0 radical (unpaired) electrons. The van der Waals surface area contributed by atoms with Crippen molar-refractivity contribution in [3.8, 4) is 11.5 Å². The van der Waals surface area contributed by atoms with E-state index in [0.717, 1.165) is 24.1 Å². The van der Waals surface area contributed by atoms with Gasteiger partial charge in [0.2, 0.25) is 0 Å². The van der Waals surface area contributed by atoms with Crippen molar-refractivity contribution in [3.05, 3.63) is 23.8 Å². The zero-order valence-electron chi connectivity index (χ0n) is 14.7. The van der Waals surface area contributed by atoms with E-state index in [1.165, 1.54) is 63.8 Å². The van der Waals surface area contributed by atoms with Crippen LogP contribution >= 0.6 is 0 Å². The number of nitrogens with one attached hydrogen (secondary N) is 2. The quantitative estimate of drug-likeness (QED) is 0.818. The van der Waals surface area contributed by atoms with E-state index in [0.29, 0.717) is 0 Å². The van der Waals surface area contributed by atoms with Gasteiger partial charge in [-0.15, -0.1) is 0 Å². The van der Waals surface area contributed by atoms with Crippen LogP contribution in [0, 0.1) is 0 Å². The van der Waals surface area contributed by atoms with Crippen LogP contribution in [0.4, 0.5) is 0 Å². The monoisotopic (exact) mass is 320 g/mol. The number of hydrogen-bond donors (Lipinski definition) is 2. The summed E-state index contributed by atoms with van der Waals surface area (Å²) in [4.78, 5) is 3.56. The molecule has 4 heteroatoms. The highest BCUT2D eigenvalue weighted by atomic mass is 16.5. The highest BCUT2D eigenvalue weighted by Crippen LogP contribution is 2.23. The lowest BCUT2D eigenvalue weighted by molar-refractivity contribution is -1.03. The number of hydrogen-bond acceptors (Lipinski definition) is 2. The second-order valence-electron chi connectivity index (χ2n) is 7.10. The largest absolute Gasteiger partial charge is 0.497 e. The molecule has 128 valence electrons. The minimum atomic E-state index is 0.868. The maximum absolute atomic E-state index is 5.55. The van der Waals surface area contributed by atoms with Crippen LogP contribution in [0.25, 0.3) is 0 Å². The molecule has 1 heterocycles. The maximum atomic E-state index is 5.55. The van der Waals surface area contributed by atoms with Crippen molar-refractivity contribution >= 4 is 0 Å². The van der Waals surface area contributed by atoms with Crippen LogP contribution in [0.15, 0.2) is 18.2 Å². The number of rotatable bonds is 5. The average molecular weight is 320 g/mol. The Morgan fingerprint density at radius 1 is 0.957 bits per heavy atom. The number of ether oxygens (including phenoxy) is 2. The van der Waals surface area contributed by atoms with Crippen LogP contribution in [-0.2, 0) is 6.54 Å². The molecule has 0 unspecified atom stereocenters. The Morgan fingerprint density at radius 3 is 2.35 bits per heavy atom. The van der Waals surface area contributed by atoms with Crippen LogP contribution < -0.4 is 19.3 Å². The first-order chi connectivity index (χ1) is 11.3. The molecule has 1 aliphatic carbocycles. The van der Waals surface area contributed by atoms with Gasteiger partial charge in [0, 0.05) is 11.6 Å². The van der Waals surface area contributed by atoms with Gasteiger partial charge in [-0.1, -0.05) is 6.42 Å². The molecule has 0 amide bonds. The average Bonchev–Trinajstić information content (AvgIpc) is 2.63. The first-order valence-electron chi connectivity index (χ1n) is 9.19. The molecule has 0 atom stereocenters. The Hall–Kier alpha value is -1.26. The van der Waals surface area contributed by atoms with Gasteiger partial charge in [0.25, 0.3) is 0 Å². The van der Waals surface area contributed by atoms with Gasteiger partial charge < -0.3 is 19.3 Å². The van der Waals surface area contributed by atoms with E-state index in [-0.39, 0.29) is 0 Å². The van der Waals surface area contributed by atoms with Crippen LogP contribution in [0.2, 0.25) is 0 Å². The van der Waals surface area contributed by atoms with Crippen LogP contribution in [-0.4, -0.2) is 46.4 Å². The minimum absolute atomic E-state index is 0.868. The Bertz CT molecular complexity index is 492. The second-order valence-corrected chi connectivity index (χ2v) is 7.10. The highest BCUT2D eigenvalue weighted by molar-refractivity contribution is 5.40. The molecule has 3 rings (SSSR count). The Kier molecular flexibility index (Phi) is 5.79.